The van der Waals surface area contributed by atoms with Gasteiger partial charge in [-0.15, -0.1) is 0 Å². The van der Waals surface area contributed by atoms with E-state index < -0.39 is 0 Å². The summed E-state index contributed by atoms with van der Waals surface area (Å²) in [7, 11) is 2.08. The summed E-state index contributed by atoms with van der Waals surface area (Å²) in [4.78, 5) is 7.05. The fourth-order valence-corrected chi connectivity index (χ4v) is 2.84. The smallest absolute Gasteiger partial charge is 0.109 e. The second-order valence-corrected chi connectivity index (χ2v) is 6.15. The first-order valence-electron chi connectivity index (χ1n) is 7.49. The van der Waals surface area contributed by atoms with Gasteiger partial charge in [-0.05, 0) is 33.2 Å². The Bertz CT molecular complexity index is 401. The molecule has 1 aromatic rings. The van der Waals surface area contributed by atoms with Crippen molar-refractivity contribution < 1.29 is 0 Å². The van der Waals surface area contributed by atoms with Crippen molar-refractivity contribution in [1.82, 2.24) is 19.8 Å². The largest absolute Gasteiger partial charge is 0.338 e. The van der Waals surface area contributed by atoms with Gasteiger partial charge in [0.15, 0.2) is 0 Å². The molecule has 1 saturated heterocycles. The molecule has 108 valence electrons. The summed E-state index contributed by atoms with van der Waals surface area (Å²) in [6.07, 6.45) is 7.36. The van der Waals surface area contributed by atoms with Gasteiger partial charge in [0.25, 0.3) is 0 Å². The number of nitrogens with one attached hydrogen (secondary N) is 1. The molecule has 1 aromatic heterocycles. The Kier molecular flexibility index (Phi) is 4.63. The number of nitrogens with zero attached hydrogens (tertiary/aromatic N) is 3. The lowest BCUT2D eigenvalue weighted by molar-refractivity contribution is 0.172. The highest BCUT2D eigenvalue weighted by Gasteiger charge is 2.30. The molecule has 1 aliphatic rings. The van der Waals surface area contributed by atoms with Gasteiger partial charge in [0, 0.05) is 50.5 Å². The fourth-order valence-electron chi connectivity index (χ4n) is 2.84. The predicted octanol–water partition coefficient (Wildman–Crippen LogP) is 1.82. The average molecular weight is 264 g/mol. The van der Waals surface area contributed by atoms with Crippen molar-refractivity contribution in [2.45, 2.75) is 51.6 Å². The lowest BCUT2D eigenvalue weighted by atomic mass is 9.98. The quantitative estimate of drug-likeness (QED) is 0.900. The third kappa shape index (κ3) is 3.57. The molecule has 2 atom stereocenters. The van der Waals surface area contributed by atoms with Crippen LogP contribution in [0.1, 0.15) is 39.4 Å². The molecule has 0 amide bonds. The molecule has 4 heteroatoms. The van der Waals surface area contributed by atoms with E-state index >= 15 is 0 Å². The molecule has 0 saturated carbocycles. The summed E-state index contributed by atoms with van der Waals surface area (Å²) in [6, 6.07) is 0.654. The number of imidazole rings is 1. The Morgan fingerprint density at radius 3 is 2.95 bits per heavy atom. The first-order chi connectivity index (χ1) is 9.04. The highest BCUT2D eigenvalue weighted by molar-refractivity contribution is 4.95. The molecular weight excluding hydrogens is 236 g/mol. The Hall–Kier alpha value is -0.870. The molecule has 2 unspecified atom stereocenters. The van der Waals surface area contributed by atoms with E-state index in [0.29, 0.717) is 6.04 Å². The maximum atomic E-state index is 4.43. The van der Waals surface area contributed by atoms with Crippen molar-refractivity contribution in [3.05, 3.63) is 18.2 Å². The fraction of sp³-hybridized carbons (Fsp3) is 0.800. The molecule has 2 heterocycles. The predicted molar refractivity (Wildman–Crippen MR) is 79.3 cm³/mol. The minimum absolute atomic E-state index is 0.256. The molecular formula is C15H28N4. The molecule has 19 heavy (non-hydrogen) atoms. The first-order valence-corrected chi connectivity index (χ1v) is 7.49. The summed E-state index contributed by atoms with van der Waals surface area (Å²) in [5.41, 5.74) is 0.256. The summed E-state index contributed by atoms with van der Waals surface area (Å²) < 4.78 is 2.12. The maximum absolute atomic E-state index is 4.43. The molecule has 2 rings (SSSR count). The molecule has 0 spiro atoms. The van der Waals surface area contributed by atoms with Crippen LogP contribution in [-0.4, -0.2) is 45.7 Å². The SMILES string of the molecule is CCC1(C)CN(CCc2nccn2C)C(C)CCN1. The summed E-state index contributed by atoms with van der Waals surface area (Å²) >= 11 is 0. The average Bonchev–Trinajstić information content (AvgIpc) is 2.73. The Morgan fingerprint density at radius 2 is 2.32 bits per heavy atom. The minimum Gasteiger partial charge on any atom is -0.338 e. The van der Waals surface area contributed by atoms with Crippen molar-refractivity contribution >= 4 is 0 Å². The Balaban J connectivity index is 1.98. The van der Waals surface area contributed by atoms with E-state index in [1.54, 1.807) is 0 Å². The van der Waals surface area contributed by atoms with Crippen LogP contribution in [0.4, 0.5) is 0 Å². The second-order valence-electron chi connectivity index (χ2n) is 6.15. The van der Waals surface area contributed by atoms with Crippen LogP contribution < -0.4 is 5.32 Å². The number of hydrogen-bond acceptors (Lipinski definition) is 3. The van der Waals surface area contributed by atoms with E-state index in [9.17, 15) is 0 Å². The van der Waals surface area contributed by atoms with Crippen LogP contribution in [0, 0.1) is 0 Å². The highest BCUT2D eigenvalue weighted by Crippen LogP contribution is 2.19. The minimum atomic E-state index is 0.256. The van der Waals surface area contributed by atoms with Gasteiger partial charge in [-0.1, -0.05) is 6.92 Å². The van der Waals surface area contributed by atoms with Gasteiger partial charge in [-0.3, -0.25) is 4.90 Å². The van der Waals surface area contributed by atoms with Crippen molar-refractivity contribution in [3.8, 4) is 0 Å². The number of aromatic nitrogens is 2. The van der Waals surface area contributed by atoms with E-state index in [4.69, 9.17) is 0 Å². The molecule has 1 fully saturated rings. The van der Waals surface area contributed by atoms with Gasteiger partial charge < -0.3 is 9.88 Å². The van der Waals surface area contributed by atoms with E-state index in [0.717, 1.165) is 26.1 Å². The van der Waals surface area contributed by atoms with Crippen molar-refractivity contribution in [3.63, 3.8) is 0 Å². The molecule has 0 aromatic carbocycles. The standard InChI is InChI=1S/C15H28N4/c1-5-15(3)12-19(13(2)6-8-17-15)10-7-14-16-9-11-18(14)4/h9,11,13,17H,5-8,10,12H2,1-4H3. The van der Waals surface area contributed by atoms with E-state index in [1.165, 1.54) is 18.7 Å². The lowest BCUT2D eigenvalue weighted by Crippen LogP contribution is -2.49. The zero-order valence-electron chi connectivity index (χ0n) is 12.8. The van der Waals surface area contributed by atoms with Crippen LogP contribution in [0.15, 0.2) is 12.4 Å². The molecule has 4 nitrogen and oxygen atoms in total. The Labute approximate surface area is 117 Å². The summed E-state index contributed by atoms with van der Waals surface area (Å²) in [5.74, 6) is 1.18. The Morgan fingerprint density at radius 1 is 1.53 bits per heavy atom. The van der Waals surface area contributed by atoms with E-state index in [1.807, 2.05) is 12.4 Å². The van der Waals surface area contributed by atoms with E-state index in [-0.39, 0.29) is 5.54 Å². The van der Waals surface area contributed by atoms with Gasteiger partial charge in [0.05, 0.1) is 0 Å². The summed E-state index contributed by atoms with van der Waals surface area (Å²) in [5, 5.41) is 3.71. The molecule has 0 bridgehead atoms. The van der Waals surface area contributed by atoms with Gasteiger partial charge in [0.1, 0.15) is 5.82 Å². The van der Waals surface area contributed by atoms with Crippen molar-refractivity contribution in [2.75, 3.05) is 19.6 Å². The first kappa shape index (κ1) is 14.5. The summed E-state index contributed by atoms with van der Waals surface area (Å²) in [6.45, 7) is 10.3. The number of aryl methyl sites for hydroxylation is 1. The maximum Gasteiger partial charge on any atom is 0.109 e. The second kappa shape index (κ2) is 6.06. The van der Waals surface area contributed by atoms with Crippen LogP contribution in [0.25, 0.3) is 0 Å². The van der Waals surface area contributed by atoms with Crippen LogP contribution in [-0.2, 0) is 13.5 Å². The normalized spacial score (nSPS) is 29.4. The van der Waals surface area contributed by atoms with Crippen LogP contribution in [0.2, 0.25) is 0 Å². The number of hydrogen-bond donors (Lipinski definition) is 1. The molecule has 1 N–H and O–H groups in total. The molecule has 0 aliphatic carbocycles. The zero-order valence-corrected chi connectivity index (χ0v) is 12.8. The lowest BCUT2D eigenvalue weighted by Gasteiger charge is -2.34. The zero-order chi connectivity index (χ0) is 13.9. The highest BCUT2D eigenvalue weighted by atomic mass is 15.2. The third-order valence-electron chi connectivity index (χ3n) is 4.61. The van der Waals surface area contributed by atoms with Gasteiger partial charge >= 0.3 is 0 Å². The number of rotatable bonds is 4. The van der Waals surface area contributed by atoms with Gasteiger partial charge in [-0.25, -0.2) is 4.98 Å². The molecule has 0 radical (unpaired) electrons. The monoisotopic (exact) mass is 264 g/mol. The third-order valence-corrected chi connectivity index (χ3v) is 4.61. The van der Waals surface area contributed by atoms with Crippen LogP contribution in [0.3, 0.4) is 0 Å². The molecule has 1 aliphatic heterocycles. The van der Waals surface area contributed by atoms with Crippen molar-refractivity contribution in [2.24, 2.45) is 7.05 Å². The van der Waals surface area contributed by atoms with Crippen LogP contribution in [0.5, 0.6) is 0 Å². The van der Waals surface area contributed by atoms with Crippen molar-refractivity contribution in [1.29, 1.82) is 0 Å². The van der Waals surface area contributed by atoms with Crippen LogP contribution >= 0.6 is 0 Å². The van der Waals surface area contributed by atoms with Gasteiger partial charge in [0.2, 0.25) is 0 Å². The van der Waals surface area contributed by atoms with E-state index in [2.05, 4.69) is 47.6 Å². The van der Waals surface area contributed by atoms with Gasteiger partial charge in [-0.2, -0.15) is 0 Å². The topological polar surface area (TPSA) is 33.1 Å².